The van der Waals surface area contributed by atoms with Gasteiger partial charge in [0.15, 0.2) is 5.82 Å². The van der Waals surface area contributed by atoms with Crippen molar-refractivity contribution in [2.24, 2.45) is 0 Å². The summed E-state index contributed by atoms with van der Waals surface area (Å²) >= 11 is 0. The van der Waals surface area contributed by atoms with Gasteiger partial charge in [-0.15, -0.1) is 0 Å². The van der Waals surface area contributed by atoms with Crippen molar-refractivity contribution >= 4 is 0 Å². The Bertz CT molecular complexity index is 819. The van der Waals surface area contributed by atoms with Crippen LogP contribution in [0.5, 0.6) is 0 Å². The third-order valence-electron chi connectivity index (χ3n) is 4.22. The lowest BCUT2D eigenvalue weighted by atomic mass is 10.1. The highest BCUT2D eigenvalue weighted by Gasteiger charge is 2.18. The molecule has 0 aliphatic rings. The van der Waals surface area contributed by atoms with E-state index in [1.54, 1.807) is 16.8 Å². The third-order valence-corrected chi connectivity index (χ3v) is 4.22. The van der Waals surface area contributed by atoms with E-state index in [-0.39, 0.29) is 12.4 Å². The number of aliphatic hydroxyl groups is 2. The minimum absolute atomic E-state index is 0.0464. The molecule has 0 radical (unpaired) electrons. The molecule has 6 heteroatoms. The molecule has 26 heavy (non-hydrogen) atoms. The molecular weight excluding hydrogens is 333 g/mol. The first-order valence-corrected chi connectivity index (χ1v) is 8.69. The van der Waals surface area contributed by atoms with Gasteiger partial charge in [-0.3, -0.25) is 0 Å². The number of benzene rings is 2. The molecule has 1 heterocycles. The summed E-state index contributed by atoms with van der Waals surface area (Å²) in [5.74, 6) is 0.823. The molecule has 3 aromatic rings. The van der Waals surface area contributed by atoms with Gasteiger partial charge >= 0.3 is 0 Å². The van der Waals surface area contributed by atoms with Gasteiger partial charge in [0.2, 0.25) is 0 Å². The van der Waals surface area contributed by atoms with Crippen molar-refractivity contribution in [2.45, 2.75) is 31.9 Å². The van der Waals surface area contributed by atoms with Crippen molar-refractivity contribution in [1.82, 2.24) is 14.8 Å². The molecule has 2 N–H and O–H groups in total. The van der Waals surface area contributed by atoms with Crippen LogP contribution in [-0.2, 0) is 19.4 Å². The van der Waals surface area contributed by atoms with Crippen LogP contribution in [0.25, 0.3) is 0 Å². The van der Waals surface area contributed by atoms with Crippen LogP contribution in [0.3, 0.4) is 0 Å². The SMILES string of the molecule is OCCn1nc([C@@H](O)c2ccccc2)nc1CCCc1ccc(F)cc1. The molecule has 1 atom stereocenters. The third kappa shape index (κ3) is 4.53. The van der Waals surface area contributed by atoms with Crippen molar-refractivity contribution in [1.29, 1.82) is 0 Å². The number of aromatic nitrogens is 3. The normalized spacial score (nSPS) is 12.3. The summed E-state index contributed by atoms with van der Waals surface area (Å²) in [4.78, 5) is 4.48. The number of hydrogen-bond acceptors (Lipinski definition) is 4. The lowest BCUT2D eigenvalue weighted by molar-refractivity contribution is 0.208. The highest BCUT2D eigenvalue weighted by molar-refractivity contribution is 5.22. The molecular formula is C20H22FN3O2. The largest absolute Gasteiger partial charge is 0.394 e. The van der Waals surface area contributed by atoms with Crippen LogP contribution >= 0.6 is 0 Å². The second kappa shape index (κ2) is 8.69. The van der Waals surface area contributed by atoms with Gasteiger partial charge in [-0.2, -0.15) is 5.10 Å². The molecule has 3 rings (SSSR count). The van der Waals surface area contributed by atoms with E-state index in [2.05, 4.69) is 10.1 Å². The van der Waals surface area contributed by atoms with Crippen LogP contribution in [0.15, 0.2) is 54.6 Å². The van der Waals surface area contributed by atoms with Crippen LogP contribution in [0, 0.1) is 5.82 Å². The van der Waals surface area contributed by atoms with E-state index >= 15 is 0 Å². The van der Waals surface area contributed by atoms with E-state index in [0.717, 1.165) is 29.8 Å². The van der Waals surface area contributed by atoms with Crippen molar-refractivity contribution < 1.29 is 14.6 Å². The Morgan fingerprint density at radius 3 is 2.42 bits per heavy atom. The van der Waals surface area contributed by atoms with Gasteiger partial charge in [-0.05, 0) is 36.1 Å². The smallest absolute Gasteiger partial charge is 0.183 e. The zero-order chi connectivity index (χ0) is 18.4. The first kappa shape index (κ1) is 18.2. The predicted octanol–water partition coefficient (Wildman–Crippen LogP) is 2.67. The molecule has 0 spiro atoms. The lowest BCUT2D eigenvalue weighted by Crippen LogP contribution is -2.09. The fourth-order valence-electron chi connectivity index (χ4n) is 2.85. The van der Waals surface area contributed by atoms with Crippen LogP contribution in [-0.4, -0.2) is 31.6 Å². The summed E-state index contributed by atoms with van der Waals surface area (Å²) in [6, 6.07) is 15.7. The van der Waals surface area contributed by atoms with Crippen molar-refractivity contribution in [3.63, 3.8) is 0 Å². The first-order chi connectivity index (χ1) is 12.7. The number of nitrogens with zero attached hydrogens (tertiary/aromatic N) is 3. The molecule has 2 aromatic carbocycles. The minimum Gasteiger partial charge on any atom is -0.394 e. The number of rotatable bonds is 8. The average Bonchev–Trinajstić information content (AvgIpc) is 3.07. The van der Waals surface area contributed by atoms with Crippen molar-refractivity contribution in [3.05, 3.63) is 83.2 Å². The fraction of sp³-hybridized carbons (Fsp3) is 0.300. The maximum absolute atomic E-state index is 13.0. The second-order valence-corrected chi connectivity index (χ2v) is 6.13. The summed E-state index contributed by atoms with van der Waals surface area (Å²) in [6.07, 6.45) is 1.37. The quantitative estimate of drug-likeness (QED) is 0.652. The van der Waals surface area contributed by atoms with E-state index in [9.17, 15) is 14.6 Å². The standard InChI is InChI=1S/C20H22FN3O2/c21-17-11-9-15(10-12-17)5-4-8-18-22-20(23-24(18)13-14-25)19(26)16-6-2-1-3-7-16/h1-3,6-7,9-12,19,25-26H,4-5,8,13-14H2/t19-/m0/s1. The molecule has 0 aliphatic carbocycles. The molecule has 0 bridgehead atoms. The van der Waals surface area contributed by atoms with E-state index in [4.69, 9.17) is 0 Å². The van der Waals surface area contributed by atoms with E-state index in [0.29, 0.717) is 18.8 Å². The van der Waals surface area contributed by atoms with Crippen LogP contribution < -0.4 is 0 Å². The van der Waals surface area contributed by atoms with Crippen LogP contribution in [0.1, 0.15) is 35.3 Å². The number of halogens is 1. The Labute approximate surface area is 151 Å². The van der Waals surface area contributed by atoms with Gasteiger partial charge in [0, 0.05) is 6.42 Å². The average molecular weight is 355 g/mol. The molecule has 5 nitrogen and oxygen atoms in total. The topological polar surface area (TPSA) is 71.2 Å². The maximum Gasteiger partial charge on any atom is 0.183 e. The minimum atomic E-state index is -0.896. The summed E-state index contributed by atoms with van der Waals surface area (Å²) in [5.41, 5.74) is 1.79. The fourth-order valence-corrected chi connectivity index (χ4v) is 2.85. The summed E-state index contributed by atoms with van der Waals surface area (Å²) in [6.45, 7) is 0.287. The molecule has 1 aromatic heterocycles. The summed E-state index contributed by atoms with van der Waals surface area (Å²) in [5, 5.41) is 24.1. The molecule has 0 aliphatic heterocycles. The highest BCUT2D eigenvalue weighted by atomic mass is 19.1. The van der Waals surface area contributed by atoms with Gasteiger partial charge < -0.3 is 10.2 Å². The van der Waals surface area contributed by atoms with Crippen molar-refractivity contribution in [2.75, 3.05) is 6.61 Å². The zero-order valence-electron chi connectivity index (χ0n) is 14.4. The first-order valence-electron chi connectivity index (χ1n) is 8.69. The van der Waals surface area contributed by atoms with Crippen LogP contribution in [0.4, 0.5) is 4.39 Å². The zero-order valence-corrected chi connectivity index (χ0v) is 14.4. The van der Waals surface area contributed by atoms with Crippen molar-refractivity contribution in [3.8, 4) is 0 Å². The number of aryl methyl sites for hydroxylation is 2. The molecule has 0 saturated heterocycles. The molecule has 0 fully saturated rings. The molecule has 0 saturated carbocycles. The van der Waals surface area contributed by atoms with E-state index in [1.807, 2.05) is 30.3 Å². The monoisotopic (exact) mass is 355 g/mol. The highest BCUT2D eigenvalue weighted by Crippen LogP contribution is 2.19. The molecule has 0 amide bonds. The Kier molecular flexibility index (Phi) is 6.09. The Balaban J connectivity index is 1.69. The number of aliphatic hydroxyl groups excluding tert-OH is 2. The van der Waals surface area contributed by atoms with Crippen LogP contribution in [0.2, 0.25) is 0 Å². The second-order valence-electron chi connectivity index (χ2n) is 6.13. The maximum atomic E-state index is 13.0. The van der Waals surface area contributed by atoms with Gasteiger partial charge in [0.05, 0.1) is 13.2 Å². The summed E-state index contributed by atoms with van der Waals surface area (Å²) in [7, 11) is 0. The molecule has 136 valence electrons. The van der Waals surface area contributed by atoms with Gasteiger partial charge in [-0.25, -0.2) is 14.1 Å². The molecule has 0 unspecified atom stereocenters. The van der Waals surface area contributed by atoms with E-state index < -0.39 is 6.10 Å². The predicted molar refractivity (Wildman–Crippen MR) is 96.0 cm³/mol. The Morgan fingerprint density at radius 2 is 1.73 bits per heavy atom. The summed E-state index contributed by atoms with van der Waals surface area (Å²) < 4.78 is 14.6. The van der Waals surface area contributed by atoms with Gasteiger partial charge in [0.25, 0.3) is 0 Å². The van der Waals surface area contributed by atoms with E-state index in [1.165, 1.54) is 12.1 Å². The van der Waals surface area contributed by atoms with Gasteiger partial charge in [-0.1, -0.05) is 42.5 Å². The number of hydrogen-bond donors (Lipinski definition) is 2. The Hall–Kier alpha value is -2.57. The Morgan fingerprint density at radius 1 is 1.00 bits per heavy atom. The lowest BCUT2D eigenvalue weighted by Gasteiger charge is -2.05. The van der Waals surface area contributed by atoms with Gasteiger partial charge in [0.1, 0.15) is 17.7 Å².